The van der Waals surface area contributed by atoms with Gasteiger partial charge in [-0.2, -0.15) is 5.10 Å². The minimum Gasteiger partial charge on any atom is -0.384 e. The number of aromatic nitrogens is 2. The number of nitrogens with one attached hydrogen (secondary N) is 2. The van der Waals surface area contributed by atoms with Crippen molar-refractivity contribution in [3.05, 3.63) is 36.5 Å². The molecule has 3 nitrogen and oxygen atoms in total. The number of hydrogen-bond acceptors (Lipinski definition) is 2. The van der Waals surface area contributed by atoms with E-state index in [4.69, 9.17) is 0 Å². The van der Waals surface area contributed by atoms with Crippen LogP contribution in [0.15, 0.2) is 36.5 Å². The molecule has 0 aliphatic heterocycles. The van der Waals surface area contributed by atoms with E-state index in [-0.39, 0.29) is 0 Å². The summed E-state index contributed by atoms with van der Waals surface area (Å²) < 4.78 is 0. The van der Waals surface area contributed by atoms with E-state index in [1.807, 2.05) is 6.20 Å². The van der Waals surface area contributed by atoms with E-state index in [0.717, 1.165) is 29.8 Å². The Bertz CT molecular complexity index is 599. The highest BCUT2D eigenvalue weighted by Crippen LogP contribution is 2.43. The van der Waals surface area contributed by atoms with E-state index < -0.39 is 0 Å². The number of H-pyrrole nitrogens is 1. The van der Waals surface area contributed by atoms with Crippen molar-refractivity contribution >= 4 is 16.6 Å². The highest BCUT2D eigenvalue weighted by atomic mass is 15.1. The number of anilines is 1. The van der Waals surface area contributed by atoms with Gasteiger partial charge in [0.1, 0.15) is 0 Å². The Kier molecular flexibility index (Phi) is 2.19. The van der Waals surface area contributed by atoms with Gasteiger partial charge in [0.05, 0.1) is 11.7 Å². The van der Waals surface area contributed by atoms with Crippen molar-refractivity contribution in [3.63, 3.8) is 0 Å². The lowest BCUT2D eigenvalue weighted by Crippen LogP contribution is -2.18. The molecule has 1 aromatic heterocycles. The first-order valence-electron chi connectivity index (χ1n) is 6.74. The molecule has 0 amide bonds. The fourth-order valence-corrected chi connectivity index (χ4v) is 3.49. The van der Waals surface area contributed by atoms with Crippen LogP contribution in [0.25, 0.3) is 10.9 Å². The average molecular weight is 239 g/mol. The maximum atomic E-state index is 4.10. The second-order valence-corrected chi connectivity index (χ2v) is 5.56. The normalized spacial score (nSPS) is 29.2. The number of allylic oxidation sites excluding steroid dienone is 2. The van der Waals surface area contributed by atoms with Gasteiger partial charge in [0.15, 0.2) is 0 Å². The van der Waals surface area contributed by atoms with E-state index in [0.29, 0.717) is 0 Å². The Morgan fingerprint density at radius 3 is 3.11 bits per heavy atom. The zero-order valence-electron chi connectivity index (χ0n) is 10.3. The van der Waals surface area contributed by atoms with Crippen LogP contribution in [-0.4, -0.2) is 16.7 Å². The van der Waals surface area contributed by atoms with Gasteiger partial charge in [0.25, 0.3) is 0 Å². The second kappa shape index (κ2) is 3.87. The summed E-state index contributed by atoms with van der Waals surface area (Å²) in [6.07, 6.45) is 9.45. The summed E-state index contributed by atoms with van der Waals surface area (Å²) in [5, 5.41) is 11.9. The van der Waals surface area contributed by atoms with E-state index in [2.05, 4.69) is 45.9 Å². The van der Waals surface area contributed by atoms with Crippen LogP contribution in [-0.2, 0) is 0 Å². The summed E-state index contributed by atoms with van der Waals surface area (Å²) >= 11 is 0. The first-order valence-corrected chi connectivity index (χ1v) is 6.74. The number of benzene rings is 1. The summed E-state index contributed by atoms with van der Waals surface area (Å²) in [4.78, 5) is 0. The van der Waals surface area contributed by atoms with Gasteiger partial charge in [-0.1, -0.05) is 18.2 Å². The summed E-state index contributed by atoms with van der Waals surface area (Å²) in [6, 6.07) is 6.28. The van der Waals surface area contributed by atoms with Crippen LogP contribution in [0, 0.1) is 17.8 Å². The highest BCUT2D eigenvalue weighted by molar-refractivity contribution is 5.90. The van der Waals surface area contributed by atoms with Gasteiger partial charge in [-0.05, 0) is 42.7 Å². The molecule has 2 N–H and O–H groups in total. The zero-order chi connectivity index (χ0) is 11.9. The number of fused-ring (bicyclic) bond motifs is 3. The SMILES string of the molecule is C1=CC2CC1CC2CNc1cccc2[nH]ncc12. The average Bonchev–Trinajstić information content (AvgIpc) is 3.11. The van der Waals surface area contributed by atoms with Gasteiger partial charge in [-0.15, -0.1) is 0 Å². The monoisotopic (exact) mass is 239 g/mol. The molecule has 4 rings (SSSR count). The highest BCUT2D eigenvalue weighted by Gasteiger charge is 2.35. The quantitative estimate of drug-likeness (QED) is 0.808. The van der Waals surface area contributed by atoms with Crippen LogP contribution >= 0.6 is 0 Å². The van der Waals surface area contributed by atoms with Crippen molar-refractivity contribution in [2.75, 3.05) is 11.9 Å². The molecular formula is C15H17N3. The van der Waals surface area contributed by atoms with Crippen LogP contribution in [0.1, 0.15) is 12.8 Å². The third-order valence-corrected chi connectivity index (χ3v) is 4.46. The molecule has 2 aliphatic rings. The van der Waals surface area contributed by atoms with Crippen molar-refractivity contribution < 1.29 is 0 Å². The number of rotatable bonds is 3. The first-order chi connectivity index (χ1) is 8.90. The van der Waals surface area contributed by atoms with Gasteiger partial charge in [-0.3, -0.25) is 5.10 Å². The molecule has 1 heterocycles. The molecule has 0 spiro atoms. The lowest BCUT2D eigenvalue weighted by molar-refractivity contribution is 0.472. The van der Waals surface area contributed by atoms with Crippen molar-refractivity contribution in [2.45, 2.75) is 12.8 Å². The smallest absolute Gasteiger partial charge is 0.0671 e. The first kappa shape index (κ1) is 10.2. The Morgan fingerprint density at radius 2 is 2.28 bits per heavy atom. The fourth-order valence-electron chi connectivity index (χ4n) is 3.49. The van der Waals surface area contributed by atoms with Crippen LogP contribution < -0.4 is 5.32 Å². The van der Waals surface area contributed by atoms with E-state index in [9.17, 15) is 0 Å². The summed E-state index contributed by atoms with van der Waals surface area (Å²) in [5.74, 6) is 2.47. The van der Waals surface area contributed by atoms with E-state index in [1.54, 1.807) is 0 Å². The molecule has 1 aromatic carbocycles. The molecule has 3 unspecified atom stereocenters. The molecule has 0 radical (unpaired) electrons. The molecule has 0 saturated heterocycles. The third kappa shape index (κ3) is 1.54. The number of hydrogen-bond donors (Lipinski definition) is 2. The van der Waals surface area contributed by atoms with Crippen LogP contribution in [0.5, 0.6) is 0 Å². The maximum absolute atomic E-state index is 4.10. The van der Waals surface area contributed by atoms with Gasteiger partial charge in [0.2, 0.25) is 0 Å². The van der Waals surface area contributed by atoms with Crippen molar-refractivity contribution in [1.82, 2.24) is 10.2 Å². The van der Waals surface area contributed by atoms with Crippen LogP contribution in [0.4, 0.5) is 5.69 Å². The molecule has 2 aliphatic carbocycles. The Balaban J connectivity index is 1.52. The Hall–Kier alpha value is -1.77. The Labute approximate surface area is 106 Å². The molecule has 3 heteroatoms. The minimum atomic E-state index is 0.808. The zero-order valence-corrected chi connectivity index (χ0v) is 10.3. The largest absolute Gasteiger partial charge is 0.384 e. The number of aromatic amines is 1. The third-order valence-electron chi connectivity index (χ3n) is 4.46. The second-order valence-electron chi connectivity index (χ2n) is 5.56. The van der Waals surface area contributed by atoms with Gasteiger partial charge in [-0.25, -0.2) is 0 Å². The lowest BCUT2D eigenvalue weighted by atomic mass is 9.93. The summed E-state index contributed by atoms with van der Waals surface area (Å²) in [5.41, 5.74) is 2.31. The molecular weight excluding hydrogens is 222 g/mol. The summed E-state index contributed by atoms with van der Waals surface area (Å²) in [7, 11) is 0. The molecule has 18 heavy (non-hydrogen) atoms. The molecule has 1 saturated carbocycles. The lowest BCUT2D eigenvalue weighted by Gasteiger charge is -2.19. The standard InChI is InChI=1S/C15H17N3/c1-2-14(13-9-17-18-15(13)3-1)16-8-12-7-10-4-5-11(12)6-10/h1-5,9-12,16H,6-8H2,(H,17,18). The number of nitrogens with zero attached hydrogens (tertiary/aromatic N) is 1. The van der Waals surface area contributed by atoms with Crippen LogP contribution in [0.3, 0.4) is 0 Å². The fraction of sp³-hybridized carbons (Fsp3) is 0.400. The molecule has 1 fully saturated rings. The van der Waals surface area contributed by atoms with Crippen molar-refractivity contribution in [2.24, 2.45) is 17.8 Å². The van der Waals surface area contributed by atoms with Gasteiger partial charge < -0.3 is 5.32 Å². The molecule has 3 atom stereocenters. The summed E-state index contributed by atoms with van der Waals surface area (Å²) in [6.45, 7) is 1.08. The molecule has 2 aromatic rings. The minimum absolute atomic E-state index is 0.808. The van der Waals surface area contributed by atoms with Gasteiger partial charge >= 0.3 is 0 Å². The van der Waals surface area contributed by atoms with Crippen molar-refractivity contribution in [1.29, 1.82) is 0 Å². The van der Waals surface area contributed by atoms with E-state index in [1.165, 1.54) is 23.9 Å². The predicted octanol–water partition coefficient (Wildman–Crippen LogP) is 3.19. The molecule has 92 valence electrons. The Morgan fingerprint density at radius 1 is 1.28 bits per heavy atom. The molecule has 2 bridgehead atoms. The van der Waals surface area contributed by atoms with Crippen molar-refractivity contribution in [3.8, 4) is 0 Å². The predicted molar refractivity (Wildman–Crippen MR) is 73.4 cm³/mol. The van der Waals surface area contributed by atoms with Gasteiger partial charge in [0, 0.05) is 17.6 Å². The maximum Gasteiger partial charge on any atom is 0.0671 e. The van der Waals surface area contributed by atoms with Crippen LogP contribution in [0.2, 0.25) is 0 Å². The topological polar surface area (TPSA) is 40.7 Å². The van der Waals surface area contributed by atoms with E-state index >= 15 is 0 Å².